The smallest absolute Gasteiger partial charge is 0.303 e. The van der Waals surface area contributed by atoms with Crippen LogP contribution in [0.3, 0.4) is 0 Å². The summed E-state index contributed by atoms with van der Waals surface area (Å²) in [6, 6.07) is 0. The third-order valence-corrected chi connectivity index (χ3v) is 2.30. The minimum Gasteiger partial charge on any atom is -0.462 e. The van der Waals surface area contributed by atoms with Gasteiger partial charge in [-0.1, -0.05) is 0 Å². The molecule has 0 aliphatic heterocycles. The number of ether oxygens (including phenoxy) is 4. The highest BCUT2D eigenvalue weighted by atomic mass is 16.6. The lowest BCUT2D eigenvalue weighted by Crippen LogP contribution is -2.47. The van der Waals surface area contributed by atoms with Crippen LogP contribution in [-0.4, -0.2) is 55.1 Å². The molecule has 0 aliphatic rings. The lowest BCUT2D eigenvalue weighted by Gasteiger charge is -2.30. The van der Waals surface area contributed by atoms with Gasteiger partial charge in [0.15, 0.2) is 12.2 Å². The van der Waals surface area contributed by atoms with Crippen molar-refractivity contribution in [1.82, 2.24) is 0 Å². The van der Waals surface area contributed by atoms with Gasteiger partial charge in [-0.05, 0) is 0 Å². The van der Waals surface area contributed by atoms with Gasteiger partial charge in [0.25, 0.3) is 0 Å². The molecule has 0 heterocycles. The van der Waals surface area contributed by atoms with Crippen LogP contribution in [0.25, 0.3) is 0 Å². The molecule has 0 N–H and O–H groups in total. The first-order valence-corrected chi connectivity index (χ1v) is 6.17. The van der Waals surface area contributed by atoms with Gasteiger partial charge in [0, 0.05) is 39.5 Å². The first-order chi connectivity index (χ1) is 12.8. The zero-order chi connectivity index (χ0) is 20.8. The van der Waals surface area contributed by atoms with E-state index >= 15 is 0 Å². The Balaban J connectivity index is 5.70. The molecule has 0 fully saturated rings. The fraction of sp³-hybridized carbons (Fsp3) is 0.643. The van der Waals surface area contributed by atoms with Gasteiger partial charge in [-0.2, -0.15) is 0 Å². The van der Waals surface area contributed by atoms with Crippen LogP contribution in [0.5, 0.6) is 0 Å². The monoisotopic (exact) mass is 336 g/mol. The van der Waals surface area contributed by atoms with Crippen LogP contribution >= 0.6 is 0 Å². The summed E-state index contributed by atoms with van der Waals surface area (Å²) in [5.41, 5.74) is 0. The van der Waals surface area contributed by atoms with E-state index in [1.165, 1.54) is 0 Å². The molecular formula is C14H20O9. The van der Waals surface area contributed by atoms with Crippen molar-refractivity contribution in [3.63, 3.8) is 0 Å². The zero-order valence-electron chi connectivity index (χ0n) is 16.2. The van der Waals surface area contributed by atoms with Crippen molar-refractivity contribution in [2.24, 2.45) is 0 Å². The molecule has 3 atom stereocenters. The molecule has 0 spiro atoms. The Labute approximate surface area is 138 Å². The standard InChI is InChI=1S/C14H20O9/c1-8(16)20-7-13(22-10(3)18)14(23-11(4)19)12(5-6-15)21-9(2)17/h6,12-14H,5,7H2,1-4H3/t12-,13-,14+/m1/s1/i1D,2D,3D,4D. The summed E-state index contributed by atoms with van der Waals surface area (Å²) < 4.78 is 47.2. The van der Waals surface area contributed by atoms with E-state index < -0.39 is 82.8 Å². The van der Waals surface area contributed by atoms with Gasteiger partial charge < -0.3 is 23.7 Å². The van der Waals surface area contributed by atoms with Crippen molar-refractivity contribution in [2.75, 3.05) is 6.61 Å². The molecule has 0 amide bonds. The van der Waals surface area contributed by atoms with E-state index in [-0.39, 0.29) is 0 Å². The molecule has 9 heteroatoms. The van der Waals surface area contributed by atoms with Gasteiger partial charge in [0.05, 0.1) is 0 Å². The maximum Gasteiger partial charge on any atom is 0.303 e. The predicted molar refractivity (Wildman–Crippen MR) is 74.0 cm³/mol. The maximum absolute atomic E-state index is 11.5. The molecule has 0 saturated carbocycles. The molecule has 0 radical (unpaired) electrons. The normalized spacial score (nSPS) is 16.2. The minimum absolute atomic E-state index is 0.322. The number of hydrogen-bond acceptors (Lipinski definition) is 9. The Hall–Kier alpha value is -2.45. The third-order valence-electron chi connectivity index (χ3n) is 2.30. The van der Waals surface area contributed by atoms with E-state index in [9.17, 15) is 24.0 Å². The molecule has 0 aromatic heterocycles. The highest BCUT2D eigenvalue weighted by Gasteiger charge is 2.37. The molecule has 0 rings (SSSR count). The second-order valence-corrected chi connectivity index (χ2v) is 4.10. The van der Waals surface area contributed by atoms with Gasteiger partial charge in [-0.25, -0.2) is 0 Å². The van der Waals surface area contributed by atoms with E-state index in [1.54, 1.807) is 0 Å². The summed E-state index contributed by atoms with van der Waals surface area (Å²) in [5.74, 6) is -4.27. The molecule has 0 aromatic rings. The van der Waals surface area contributed by atoms with Crippen LogP contribution in [0.2, 0.25) is 0 Å². The fourth-order valence-electron chi connectivity index (χ4n) is 1.60. The molecular weight excluding hydrogens is 312 g/mol. The Morgan fingerprint density at radius 1 is 0.870 bits per heavy atom. The Kier molecular flexibility index (Phi) is 6.35. The van der Waals surface area contributed by atoms with Crippen molar-refractivity contribution >= 4 is 30.2 Å². The average Bonchev–Trinajstić information content (AvgIpc) is 2.67. The second kappa shape index (κ2) is 10.3. The SMILES string of the molecule is [2H]CC(=O)OC[C@@H](OC(=O)C[2H])[C@@H](OC(=O)C[2H])[C@@H](CC=O)OC(=O)C[2H]. The number of aldehydes is 1. The highest BCUT2D eigenvalue weighted by molar-refractivity contribution is 5.69. The fourth-order valence-corrected chi connectivity index (χ4v) is 1.60. The van der Waals surface area contributed by atoms with E-state index in [1.807, 2.05) is 0 Å². The minimum atomic E-state index is -1.64. The van der Waals surface area contributed by atoms with Gasteiger partial charge in [-0.15, -0.1) is 0 Å². The molecule has 0 aliphatic carbocycles. The summed E-state index contributed by atoms with van der Waals surface area (Å²) in [6.45, 7) is -3.94. The van der Waals surface area contributed by atoms with Crippen molar-refractivity contribution in [3.05, 3.63) is 0 Å². The predicted octanol–water partition coefficient (Wildman–Crippen LogP) is -0.0664. The number of esters is 4. The topological polar surface area (TPSA) is 122 Å². The van der Waals surface area contributed by atoms with E-state index in [4.69, 9.17) is 19.7 Å². The van der Waals surface area contributed by atoms with Crippen LogP contribution in [-0.2, 0) is 42.9 Å². The van der Waals surface area contributed by atoms with Crippen molar-refractivity contribution in [3.8, 4) is 0 Å². The number of carbonyl (C=O) groups is 5. The van der Waals surface area contributed by atoms with Crippen LogP contribution in [0.15, 0.2) is 0 Å². The Morgan fingerprint density at radius 2 is 1.39 bits per heavy atom. The second-order valence-electron chi connectivity index (χ2n) is 4.10. The van der Waals surface area contributed by atoms with Crippen LogP contribution < -0.4 is 0 Å². The summed E-state index contributed by atoms with van der Waals surface area (Å²) in [7, 11) is 0. The quantitative estimate of drug-likeness (QED) is 0.323. The summed E-state index contributed by atoms with van der Waals surface area (Å²) in [6.07, 6.45) is -4.89. The van der Waals surface area contributed by atoms with Crippen molar-refractivity contribution in [1.29, 1.82) is 0 Å². The largest absolute Gasteiger partial charge is 0.462 e. The van der Waals surface area contributed by atoms with Crippen LogP contribution in [0.4, 0.5) is 0 Å². The Morgan fingerprint density at radius 3 is 1.91 bits per heavy atom. The van der Waals surface area contributed by atoms with Crippen LogP contribution in [0.1, 0.15) is 39.5 Å². The molecule has 9 nitrogen and oxygen atoms in total. The summed E-state index contributed by atoms with van der Waals surface area (Å²) >= 11 is 0. The van der Waals surface area contributed by atoms with E-state index in [2.05, 4.69) is 4.74 Å². The van der Waals surface area contributed by atoms with E-state index in [0.29, 0.717) is 6.29 Å². The average molecular weight is 336 g/mol. The number of carbonyl (C=O) groups excluding carboxylic acids is 5. The maximum atomic E-state index is 11.5. The van der Waals surface area contributed by atoms with Gasteiger partial charge in [0.2, 0.25) is 0 Å². The first-order valence-electron chi connectivity index (χ1n) is 9.00. The molecule has 0 saturated heterocycles. The lowest BCUT2D eigenvalue weighted by atomic mass is 10.1. The lowest BCUT2D eigenvalue weighted by molar-refractivity contribution is -0.189. The Bertz CT molecular complexity index is 529. The van der Waals surface area contributed by atoms with Gasteiger partial charge >= 0.3 is 23.9 Å². The molecule has 130 valence electrons. The summed E-state index contributed by atoms with van der Waals surface area (Å²) in [4.78, 5) is 56.5. The first kappa shape index (κ1) is 14.2. The number of hydrogen-bond donors (Lipinski definition) is 0. The molecule has 0 aromatic carbocycles. The van der Waals surface area contributed by atoms with Crippen LogP contribution in [0, 0.1) is 0 Å². The molecule has 23 heavy (non-hydrogen) atoms. The molecule has 0 bridgehead atoms. The van der Waals surface area contributed by atoms with Gasteiger partial charge in [-0.3, -0.25) is 19.2 Å². The molecule has 0 unspecified atom stereocenters. The summed E-state index contributed by atoms with van der Waals surface area (Å²) in [5, 5.41) is 0. The van der Waals surface area contributed by atoms with Gasteiger partial charge in [0.1, 0.15) is 19.0 Å². The third kappa shape index (κ3) is 9.22. The van der Waals surface area contributed by atoms with Crippen molar-refractivity contribution in [2.45, 2.75) is 52.3 Å². The van der Waals surface area contributed by atoms with E-state index in [0.717, 1.165) is 0 Å². The zero-order valence-corrected chi connectivity index (χ0v) is 12.2. The highest BCUT2D eigenvalue weighted by Crippen LogP contribution is 2.17. The number of rotatable bonds is 9. The van der Waals surface area contributed by atoms with Crippen molar-refractivity contribution < 1.29 is 48.4 Å².